The molecule has 1 heterocycles. The van der Waals surface area contributed by atoms with Crippen molar-refractivity contribution in [1.29, 1.82) is 0 Å². The highest BCUT2D eigenvalue weighted by Gasteiger charge is 2.19. The normalized spacial score (nSPS) is 15.5. The fourth-order valence-electron chi connectivity index (χ4n) is 2.00. The third-order valence-electron chi connectivity index (χ3n) is 3.08. The van der Waals surface area contributed by atoms with Crippen LogP contribution in [-0.2, 0) is 4.79 Å². The molecule has 120 valence electrons. The maximum Gasteiger partial charge on any atom is 0.343 e. The molecule has 1 amide bonds. The third-order valence-corrected chi connectivity index (χ3v) is 4.15. The molecule has 2 N–H and O–H groups in total. The van der Waals surface area contributed by atoms with Gasteiger partial charge in [0, 0.05) is 5.02 Å². The second-order valence-corrected chi connectivity index (χ2v) is 6.33. The van der Waals surface area contributed by atoms with E-state index in [4.69, 9.17) is 22.1 Å². The number of hydrogen-bond acceptors (Lipinski definition) is 5. The second-order valence-electron chi connectivity index (χ2n) is 4.83. The van der Waals surface area contributed by atoms with Gasteiger partial charge in [-0.2, -0.15) is 4.99 Å². The number of carbonyl (C=O) groups excluding carboxylic acids is 2. The van der Waals surface area contributed by atoms with E-state index >= 15 is 0 Å². The molecule has 0 unspecified atom stereocenters. The first-order valence-corrected chi connectivity index (χ1v) is 8.06. The molecule has 24 heavy (non-hydrogen) atoms. The van der Waals surface area contributed by atoms with E-state index in [0.29, 0.717) is 26.8 Å². The molecule has 3 rings (SSSR count). The molecule has 5 nitrogen and oxygen atoms in total. The summed E-state index contributed by atoms with van der Waals surface area (Å²) in [5.74, 6) is -0.495. The molecule has 0 aromatic heterocycles. The van der Waals surface area contributed by atoms with Crippen LogP contribution < -0.4 is 10.5 Å². The predicted octanol–water partition coefficient (Wildman–Crippen LogP) is 3.49. The first kappa shape index (κ1) is 16.3. The Bertz CT molecular complexity index is 876. The maximum absolute atomic E-state index is 12.1. The molecule has 0 aliphatic carbocycles. The Hall–Kier alpha value is -2.57. The number of amides is 1. The lowest BCUT2D eigenvalue weighted by Gasteiger charge is -2.05. The van der Waals surface area contributed by atoms with Crippen LogP contribution >= 0.6 is 23.4 Å². The molecule has 2 aromatic rings. The Morgan fingerprint density at radius 1 is 1.21 bits per heavy atom. The fraction of sp³-hybridized carbons (Fsp3) is 0. The van der Waals surface area contributed by atoms with Gasteiger partial charge in [-0.25, -0.2) is 4.79 Å². The van der Waals surface area contributed by atoms with E-state index in [2.05, 4.69) is 4.99 Å². The van der Waals surface area contributed by atoms with E-state index in [9.17, 15) is 9.59 Å². The van der Waals surface area contributed by atoms with Crippen LogP contribution in [0.3, 0.4) is 0 Å². The zero-order valence-corrected chi connectivity index (χ0v) is 13.8. The minimum absolute atomic E-state index is 0.219. The van der Waals surface area contributed by atoms with Crippen molar-refractivity contribution in [3.05, 3.63) is 69.6 Å². The number of aliphatic imine (C=N–C) groups is 1. The lowest BCUT2D eigenvalue weighted by molar-refractivity contribution is -0.113. The molecule has 7 heteroatoms. The number of carbonyl (C=O) groups is 2. The quantitative estimate of drug-likeness (QED) is 0.516. The van der Waals surface area contributed by atoms with Gasteiger partial charge in [-0.1, -0.05) is 23.7 Å². The molecular formula is C17H11ClN2O3S. The first-order valence-electron chi connectivity index (χ1n) is 6.87. The van der Waals surface area contributed by atoms with E-state index in [1.807, 2.05) is 0 Å². The molecule has 0 saturated heterocycles. The molecule has 0 spiro atoms. The van der Waals surface area contributed by atoms with Crippen LogP contribution in [0.4, 0.5) is 0 Å². The zero-order chi connectivity index (χ0) is 17.1. The van der Waals surface area contributed by atoms with Gasteiger partial charge < -0.3 is 10.5 Å². The number of ether oxygens (including phenoxy) is 1. The Morgan fingerprint density at radius 2 is 1.96 bits per heavy atom. The zero-order valence-electron chi connectivity index (χ0n) is 12.2. The summed E-state index contributed by atoms with van der Waals surface area (Å²) in [5.41, 5.74) is 6.61. The van der Waals surface area contributed by atoms with Gasteiger partial charge in [0.25, 0.3) is 5.91 Å². The van der Waals surface area contributed by atoms with Crippen molar-refractivity contribution >= 4 is 46.5 Å². The second kappa shape index (κ2) is 6.90. The number of esters is 1. The van der Waals surface area contributed by atoms with Gasteiger partial charge in [-0.05, 0) is 59.8 Å². The molecule has 0 bridgehead atoms. The lowest BCUT2D eigenvalue weighted by atomic mass is 10.2. The number of thioether (sulfide) groups is 1. The molecule has 2 aromatic carbocycles. The smallest absolute Gasteiger partial charge is 0.343 e. The first-order chi connectivity index (χ1) is 11.5. The SMILES string of the molecule is NC1=NC(=O)/C(=C/c2cccc(OC(=O)c3ccc(Cl)cc3)c2)S1. The molecule has 1 aliphatic rings. The summed E-state index contributed by atoms with van der Waals surface area (Å²) in [4.78, 5) is 27.8. The number of nitrogens with zero attached hydrogens (tertiary/aromatic N) is 1. The standard InChI is InChI=1S/C17H11ClN2O3S/c18-12-6-4-11(5-7-12)16(22)23-13-3-1-2-10(8-13)9-14-15(21)20-17(19)24-14/h1-9H,(H2,19,20,21)/b14-9-. The molecule has 0 atom stereocenters. The number of nitrogens with two attached hydrogens (primary N) is 1. The minimum atomic E-state index is -0.490. The van der Waals surface area contributed by atoms with Crippen molar-refractivity contribution in [1.82, 2.24) is 0 Å². The van der Waals surface area contributed by atoms with Gasteiger partial charge in [0.05, 0.1) is 10.5 Å². The Morgan fingerprint density at radius 3 is 2.62 bits per heavy atom. The lowest BCUT2D eigenvalue weighted by Crippen LogP contribution is -2.08. The summed E-state index contributed by atoms with van der Waals surface area (Å²) in [6, 6.07) is 13.2. The van der Waals surface area contributed by atoms with Crippen LogP contribution in [0, 0.1) is 0 Å². The van der Waals surface area contributed by atoms with Crippen LogP contribution in [0.25, 0.3) is 6.08 Å². The van der Waals surface area contributed by atoms with Crippen LogP contribution in [0.1, 0.15) is 15.9 Å². The summed E-state index contributed by atoms with van der Waals surface area (Å²) in [6.45, 7) is 0. The summed E-state index contributed by atoms with van der Waals surface area (Å²) in [7, 11) is 0. The van der Waals surface area contributed by atoms with Crippen molar-refractivity contribution in [2.45, 2.75) is 0 Å². The molecule has 0 fully saturated rings. The number of hydrogen-bond donors (Lipinski definition) is 1. The molecular weight excluding hydrogens is 348 g/mol. The third kappa shape index (κ3) is 3.84. The average Bonchev–Trinajstić information content (AvgIpc) is 2.86. The Labute approximate surface area is 147 Å². The summed E-state index contributed by atoms with van der Waals surface area (Å²) < 4.78 is 5.34. The molecule has 1 aliphatic heterocycles. The van der Waals surface area contributed by atoms with Crippen molar-refractivity contribution in [3.63, 3.8) is 0 Å². The van der Waals surface area contributed by atoms with Gasteiger partial charge >= 0.3 is 5.97 Å². The van der Waals surface area contributed by atoms with Gasteiger partial charge in [-0.3, -0.25) is 4.79 Å². The molecule has 0 saturated carbocycles. The fourth-order valence-corrected chi connectivity index (χ4v) is 2.80. The van der Waals surface area contributed by atoms with Crippen molar-refractivity contribution < 1.29 is 14.3 Å². The Kier molecular flexibility index (Phi) is 4.69. The predicted molar refractivity (Wildman–Crippen MR) is 95.0 cm³/mol. The molecule has 0 radical (unpaired) electrons. The van der Waals surface area contributed by atoms with Crippen molar-refractivity contribution in [2.24, 2.45) is 10.7 Å². The topological polar surface area (TPSA) is 81.8 Å². The summed E-state index contributed by atoms with van der Waals surface area (Å²) in [5, 5.41) is 0.761. The Balaban J connectivity index is 1.76. The van der Waals surface area contributed by atoms with Gasteiger partial charge in [0.15, 0.2) is 5.17 Å². The number of benzene rings is 2. The highest BCUT2D eigenvalue weighted by molar-refractivity contribution is 8.18. The van der Waals surface area contributed by atoms with E-state index in [0.717, 1.165) is 11.8 Å². The van der Waals surface area contributed by atoms with Crippen LogP contribution in [0.15, 0.2) is 58.4 Å². The number of amidine groups is 1. The van der Waals surface area contributed by atoms with Crippen molar-refractivity contribution in [3.8, 4) is 5.75 Å². The van der Waals surface area contributed by atoms with E-state index in [1.165, 1.54) is 0 Å². The number of rotatable bonds is 3. The highest BCUT2D eigenvalue weighted by atomic mass is 35.5. The summed E-state index contributed by atoms with van der Waals surface area (Å²) in [6.07, 6.45) is 1.65. The van der Waals surface area contributed by atoms with Crippen LogP contribution in [0.2, 0.25) is 5.02 Å². The largest absolute Gasteiger partial charge is 0.423 e. The van der Waals surface area contributed by atoms with E-state index in [-0.39, 0.29) is 11.1 Å². The maximum atomic E-state index is 12.1. The van der Waals surface area contributed by atoms with Gasteiger partial charge in [0.1, 0.15) is 5.75 Å². The van der Waals surface area contributed by atoms with Gasteiger partial charge in [0.2, 0.25) is 0 Å². The number of halogens is 1. The highest BCUT2D eigenvalue weighted by Crippen LogP contribution is 2.27. The van der Waals surface area contributed by atoms with E-state index in [1.54, 1.807) is 54.6 Å². The minimum Gasteiger partial charge on any atom is -0.423 e. The van der Waals surface area contributed by atoms with E-state index < -0.39 is 5.97 Å². The monoisotopic (exact) mass is 358 g/mol. The van der Waals surface area contributed by atoms with Crippen molar-refractivity contribution in [2.75, 3.05) is 0 Å². The van der Waals surface area contributed by atoms with Crippen LogP contribution in [-0.4, -0.2) is 17.0 Å². The van der Waals surface area contributed by atoms with Crippen LogP contribution in [0.5, 0.6) is 5.75 Å². The average molecular weight is 359 g/mol. The van der Waals surface area contributed by atoms with Gasteiger partial charge in [-0.15, -0.1) is 0 Å². The summed E-state index contributed by atoms with van der Waals surface area (Å²) >= 11 is 6.90.